The standard InChI is InChI=1S/C29H29N3O.C26H29N3O/c33-29(30-19-18-22-10-4-1-5-11-22)28-26(20-23-12-6-2-7-13-23)32-21-25(16-17-27(32)31-28)24-14-8-3-9-15-24;30-26(28-15-13-21(14-16-28)17-20-7-3-1-4-8-20)24-19-29-18-23(11-12-25(29)27-24)22-9-5-2-6-10-22/h1-15,25H,16-21H2,(H,30,33);1-10,19,21,23H,11-18H2. The minimum Gasteiger partial charge on any atom is -0.350 e. The SMILES string of the molecule is O=C(NCCc1ccccc1)c1nc2n(c1Cc1ccccc1)CC(c1ccccc1)CC2.O=C(c1cn2c(n1)CCC(c1ccccc1)C2)N1CCC(Cc2ccccc2)CC1. The van der Waals surface area contributed by atoms with Crippen LogP contribution in [0.2, 0.25) is 0 Å². The highest BCUT2D eigenvalue weighted by Gasteiger charge is 2.30. The lowest BCUT2D eigenvalue weighted by Gasteiger charge is -2.31. The van der Waals surface area contributed by atoms with E-state index in [0.29, 0.717) is 42.1 Å². The lowest BCUT2D eigenvalue weighted by molar-refractivity contribution is 0.0684. The number of carbonyl (C=O) groups excluding carboxylic acids is 2. The molecule has 320 valence electrons. The predicted octanol–water partition coefficient (Wildman–Crippen LogP) is 9.88. The Labute approximate surface area is 372 Å². The van der Waals surface area contributed by atoms with Crippen LogP contribution in [0, 0.1) is 5.92 Å². The van der Waals surface area contributed by atoms with Crippen molar-refractivity contribution < 1.29 is 9.59 Å². The Bertz CT molecular complexity index is 2550. The fourth-order valence-electron chi connectivity index (χ4n) is 9.75. The molecule has 2 amide bonds. The van der Waals surface area contributed by atoms with Gasteiger partial charge in [-0.05, 0) is 72.3 Å². The summed E-state index contributed by atoms with van der Waals surface area (Å²) < 4.78 is 4.51. The zero-order valence-corrected chi connectivity index (χ0v) is 36.2. The van der Waals surface area contributed by atoms with Gasteiger partial charge in [0.1, 0.15) is 23.0 Å². The molecule has 3 aliphatic rings. The summed E-state index contributed by atoms with van der Waals surface area (Å²) in [5.74, 6) is 3.73. The second-order valence-corrected chi connectivity index (χ2v) is 17.5. The number of nitrogens with one attached hydrogen (secondary N) is 1. The van der Waals surface area contributed by atoms with Gasteiger partial charge in [-0.25, -0.2) is 9.97 Å². The first-order chi connectivity index (χ1) is 31.0. The van der Waals surface area contributed by atoms with Gasteiger partial charge in [0.05, 0.1) is 5.69 Å². The van der Waals surface area contributed by atoms with Crippen molar-refractivity contribution in [3.05, 3.63) is 214 Å². The fourth-order valence-corrected chi connectivity index (χ4v) is 9.75. The quantitative estimate of drug-likeness (QED) is 0.141. The molecular weight excluding hydrogens is 777 g/mol. The number of hydrogen-bond acceptors (Lipinski definition) is 4. The summed E-state index contributed by atoms with van der Waals surface area (Å²) in [6, 6.07) is 52.7. The molecule has 5 heterocycles. The Morgan fingerprint density at radius 2 is 1.13 bits per heavy atom. The third kappa shape index (κ3) is 10.4. The molecule has 1 N–H and O–H groups in total. The van der Waals surface area contributed by atoms with Gasteiger partial charge in [0.2, 0.25) is 0 Å². The monoisotopic (exact) mass is 834 g/mol. The van der Waals surface area contributed by atoms with Crippen molar-refractivity contribution >= 4 is 11.8 Å². The second-order valence-electron chi connectivity index (χ2n) is 17.5. The Morgan fingerprint density at radius 1 is 0.587 bits per heavy atom. The van der Waals surface area contributed by atoms with Gasteiger partial charge in [-0.15, -0.1) is 0 Å². The van der Waals surface area contributed by atoms with Crippen LogP contribution in [-0.2, 0) is 45.2 Å². The number of carbonyl (C=O) groups is 2. The number of rotatable bonds is 11. The second kappa shape index (κ2) is 20.1. The van der Waals surface area contributed by atoms with E-state index in [2.05, 4.69) is 142 Å². The molecular formula is C55H58N6O2. The highest BCUT2D eigenvalue weighted by Crippen LogP contribution is 2.32. The lowest BCUT2D eigenvalue weighted by atomic mass is 9.90. The number of nitrogens with zero attached hydrogens (tertiary/aromatic N) is 5. The number of piperidine rings is 1. The summed E-state index contributed by atoms with van der Waals surface area (Å²) in [6.45, 7) is 4.06. The predicted molar refractivity (Wildman–Crippen MR) is 250 cm³/mol. The van der Waals surface area contributed by atoms with Crippen molar-refractivity contribution in [2.75, 3.05) is 19.6 Å². The van der Waals surface area contributed by atoms with E-state index in [-0.39, 0.29) is 11.8 Å². The number of fused-ring (bicyclic) bond motifs is 2. The van der Waals surface area contributed by atoms with Crippen molar-refractivity contribution in [1.29, 1.82) is 0 Å². The lowest BCUT2D eigenvalue weighted by Crippen LogP contribution is -2.39. The van der Waals surface area contributed by atoms with E-state index in [1.165, 1.54) is 27.8 Å². The Balaban J connectivity index is 0.000000161. The zero-order valence-electron chi connectivity index (χ0n) is 36.2. The van der Waals surface area contributed by atoms with Gasteiger partial charge in [-0.2, -0.15) is 0 Å². The molecule has 0 bridgehead atoms. The number of aryl methyl sites for hydroxylation is 2. The number of hydrogen-bond donors (Lipinski definition) is 1. The summed E-state index contributed by atoms with van der Waals surface area (Å²) >= 11 is 0. The maximum Gasteiger partial charge on any atom is 0.274 e. The Hall–Kier alpha value is -6.54. The summed E-state index contributed by atoms with van der Waals surface area (Å²) in [5, 5.41) is 3.11. The molecule has 1 saturated heterocycles. The molecule has 8 heteroatoms. The van der Waals surface area contributed by atoms with Crippen molar-refractivity contribution in [2.24, 2.45) is 5.92 Å². The van der Waals surface area contributed by atoms with Crippen LogP contribution in [0.1, 0.15) is 104 Å². The molecule has 5 aromatic carbocycles. The Kier molecular flexibility index (Phi) is 13.3. The maximum atomic E-state index is 13.2. The third-order valence-corrected chi connectivity index (χ3v) is 13.3. The Morgan fingerprint density at radius 3 is 1.75 bits per heavy atom. The largest absolute Gasteiger partial charge is 0.350 e. The summed E-state index contributed by atoms with van der Waals surface area (Å²) in [7, 11) is 0. The molecule has 10 rings (SSSR count). The van der Waals surface area contributed by atoms with E-state index in [1.807, 2.05) is 35.4 Å². The summed E-state index contributed by atoms with van der Waals surface area (Å²) in [4.78, 5) is 37.9. The first-order valence-corrected chi connectivity index (χ1v) is 23.0. The third-order valence-electron chi connectivity index (χ3n) is 13.3. The molecule has 0 saturated carbocycles. The van der Waals surface area contributed by atoms with E-state index < -0.39 is 0 Å². The molecule has 7 aromatic rings. The van der Waals surface area contributed by atoms with Gasteiger partial charge in [-0.1, -0.05) is 152 Å². The zero-order chi connectivity index (χ0) is 42.8. The minimum absolute atomic E-state index is 0.0741. The van der Waals surface area contributed by atoms with Crippen LogP contribution >= 0.6 is 0 Å². The van der Waals surface area contributed by atoms with E-state index >= 15 is 0 Å². The summed E-state index contributed by atoms with van der Waals surface area (Å²) in [5.41, 5.74) is 8.78. The van der Waals surface area contributed by atoms with Crippen LogP contribution in [-0.4, -0.2) is 55.5 Å². The van der Waals surface area contributed by atoms with Crippen molar-refractivity contribution in [2.45, 2.75) is 82.7 Å². The number of likely N-dealkylation sites (tertiary alicyclic amines) is 1. The van der Waals surface area contributed by atoms with Gasteiger partial charge in [0, 0.05) is 70.0 Å². The van der Waals surface area contributed by atoms with Crippen molar-refractivity contribution in [1.82, 2.24) is 29.3 Å². The van der Waals surface area contributed by atoms with Crippen molar-refractivity contribution in [3.8, 4) is 0 Å². The van der Waals surface area contributed by atoms with Crippen LogP contribution in [0.3, 0.4) is 0 Å². The molecule has 2 atom stereocenters. The van der Waals surface area contributed by atoms with E-state index in [9.17, 15) is 9.59 Å². The average molecular weight is 835 g/mol. The molecule has 8 nitrogen and oxygen atoms in total. The average Bonchev–Trinajstić information content (AvgIpc) is 3.94. The minimum atomic E-state index is -0.0741. The van der Waals surface area contributed by atoms with Gasteiger partial charge < -0.3 is 19.4 Å². The van der Waals surface area contributed by atoms with Crippen LogP contribution < -0.4 is 5.32 Å². The molecule has 2 aromatic heterocycles. The smallest absolute Gasteiger partial charge is 0.274 e. The van der Waals surface area contributed by atoms with Gasteiger partial charge in [0.15, 0.2) is 0 Å². The molecule has 1 fully saturated rings. The highest BCUT2D eigenvalue weighted by molar-refractivity contribution is 5.94. The molecule has 0 aliphatic carbocycles. The first-order valence-electron chi connectivity index (χ1n) is 23.0. The molecule has 0 radical (unpaired) electrons. The van der Waals surface area contributed by atoms with E-state index in [0.717, 1.165) is 94.9 Å². The summed E-state index contributed by atoms with van der Waals surface area (Å²) in [6.07, 6.45) is 10.7. The van der Waals surface area contributed by atoms with Gasteiger partial charge in [-0.3, -0.25) is 9.59 Å². The number of benzene rings is 5. The van der Waals surface area contributed by atoms with Gasteiger partial charge in [0.25, 0.3) is 11.8 Å². The number of imidazole rings is 2. The highest BCUT2D eigenvalue weighted by atomic mass is 16.2. The topological polar surface area (TPSA) is 85.0 Å². The first kappa shape index (κ1) is 41.8. The van der Waals surface area contributed by atoms with Gasteiger partial charge >= 0.3 is 0 Å². The molecule has 3 aliphatic heterocycles. The van der Waals surface area contributed by atoms with Crippen LogP contribution in [0.15, 0.2) is 158 Å². The maximum absolute atomic E-state index is 13.2. The normalized spacial score (nSPS) is 17.2. The molecule has 2 unspecified atom stereocenters. The van der Waals surface area contributed by atoms with Crippen LogP contribution in [0.5, 0.6) is 0 Å². The van der Waals surface area contributed by atoms with Crippen LogP contribution in [0.4, 0.5) is 0 Å². The fraction of sp³-hybridized carbons (Fsp3) is 0.309. The van der Waals surface area contributed by atoms with Crippen molar-refractivity contribution in [3.63, 3.8) is 0 Å². The van der Waals surface area contributed by atoms with E-state index in [4.69, 9.17) is 9.97 Å². The van der Waals surface area contributed by atoms with Crippen LogP contribution in [0.25, 0.3) is 0 Å². The molecule has 0 spiro atoms. The van der Waals surface area contributed by atoms with E-state index in [1.54, 1.807) is 0 Å². The number of amides is 2. The number of aromatic nitrogens is 4. The molecule has 63 heavy (non-hydrogen) atoms.